The molecule has 60 heavy (non-hydrogen) atoms. The summed E-state index contributed by atoms with van der Waals surface area (Å²) in [5.41, 5.74) is -3.83. The molecule has 2 unspecified atom stereocenters. The van der Waals surface area contributed by atoms with Gasteiger partial charge < -0.3 is 29.7 Å². The van der Waals surface area contributed by atoms with E-state index in [-0.39, 0.29) is 42.6 Å². The molecule has 8 atom stereocenters. The Morgan fingerprint density at radius 2 is 1.78 bits per heavy atom. The molecule has 4 fully saturated rings. The lowest BCUT2D eigenvalue weighted by Gasteiger charge is -2.36. The second kappa shape index (κ2) is 15.4. The summed E-state index contributed by atoms with van der Waals surface area (Å²) in [7, 11) is -2.89. The van der Waals surface area contributed by atoms with Gasteiger partial charge in [-0.2, -0.15) is 8.78 Å². The summed E-state index contributed by atoms with van der Waals surface area (Å²) in [5.74, 6) is -9.85. The van der Waals surface area contributed by atoms with E-state index in [9.17, 15) is 36.4 Å². The van der Waals surface area contributed by atoms with Crippen molar-refractivity contribution in [1.29, 1.82) is 0 Å². The molecule has 0 spiro atoms. The minimum Gasteiger partial charge on any atom is -0.497 e. The van der Waals surface area contributed by atoms with E-state index < -0.39 is 129 Å². The Morgan fingerprint density at radius 3 is 2.40 bits per heavy atom. The van der Waals surface area contributed by atoms with Gasteiger partial charge >= 0.3 is 6.09 Å². The van der Waals surface area contributed by atoms with Gasteiger partial charge in [-0.15, -0.1) is 0 Å². The number of benzene rings is 1. The van der Waals surface area contributed by atoms with Crippen molar-refractivity contribution in [3.8, 4) is 11.6 Å². The molecule has 5 aliphatic rings. The molecule has 15 nitrogen and oxygen atoms in total. The molecule has 2 aromatic rings. The number of carbonyl (C=O) groups is 4. The third-order valence-electron chi connectivity index (χ3n) is 12.8. The maximum absolute atomic E-state index is 16.3. The van der Waals surface area contributed by atoms with Crippen LogP contribution in [0.2, 0.25) is 0 Å². The van der Waals surface area contributed by atoms with Crippen LogP contribution < -0.4 is 24.8 Å². The standard InChI is InChI=1S/C40H52F4N6O9S/c1-7-22-27-19-50(28(22)32(51)48-39(18-23(39)31(41)42)35(53)49-60(55,56)38(5)14-15-38)34(52)30(37(2,3)4)47-36(54)59-26-16-20(26)10-8-9-13-40(43,44)29-33(58-27)46-25-17-21(57-6)11-12-24(25)45-29/h11-12,17,20,22-23,26-28,30-31H,7-10,13-16,18-19H2,1-6H3,(H,47,54)(H,48,51)(H,49,53)/t20-,22-,23?,26-,27+,28+,30-,39?/m1/s1. The molecule has 2 bridgehead atoms. The Kier molecular flexibility index (Phi) is 11.2. The number of sulfonamides is 1. The number of amides is 4. The maximum atomic E-state index is 16.3. The zero-order valence-electron chi connectivity index (χ0n) is 34.4. The van der Waals surface area contributed by atoms with Gasteiger partial charge in [0, 0.05) is 18.4 Å². The van der Waals surface area contributed by atoms with Crippen molar-refractivity contribution in [3.63, 3.8) is 0 Å². The van der Waals surface area contributed by atoms with Crippen LogP contribution in [0.4, 0.5) is 22.4 Å². The molecule has 0 radical (unpaired) electrons. The van der Waals surface area contributed by atoms with Gasteiger partial charge in [0.1, 0.15) is 35.6 Å². The summed E-state index contributed by atoms with van der Waals surface area (Å²) in [6.45, 7) is 7.62. The van der Waals surface area contributed by atoms with Crippen molar-refractivity contribution in [2.24, 2.45) is 23.2 Å². The zero-order chi connectivity index (χ0) is 43.7. The van der Waals surface area contributed by atoms with Gasteiger partial charge in [-0.05, 0) is 75.3 Å². The van der Waals surface area contributed by atoms with E-state index in [1.54, 1.807) is 33.8 Å². The van der Waals surface area contributed by atoms with Crippen LogP contribution in [0.15, 0.2) is 18.2 Å². The molecule has 1 aromatic heterocycles. The zero-order valence-corrected chi connectivity index (χ0v) is 35.2. The molecular weight excluding hydrogens is 817 g/mol. The molecule has 3 heterocycles. The molecule has 330 valence electrons. The average molecular weight is 869 g/mol. The van der Waals surface area contributed by atoms with Crippen LogP contribution in [0.25, 0.3) is 11.0 Å². The van der Waals surface area contributed by atoms with Crippen molar-refractivity contribution in [2.45, 2.75) is 139 Å². The highest BCUT2D eigenvalue weighted by Crippen LogP contribution is 2.50. The van der Waals surface area contributed by atoms with Crippen molar-refractivity contribution in [3.05, 3.63) is 23.9 Å². The summed E-state index contributed by atoms with van der Waals surface area (Å²) >= 11 is 0. The number of aromatic nitrogens is 2. The fraction of sp³-hybridized carbons (Fsp3) is 0.700. The number of hydrogen-bond acceptors (Lipinski definition) is 11. The van der Waals surface area contributed by atoms with Crippen LogP contribution >= 0.6 is 0 Å². The average Bonchev–Trinajstić information content (AvgIpc) is 4.12. The Morgan fingerprint density at radius 1 is 1.07 bits per heavy atom. The first-order valence-electron chi connectivity index (χ1n) is 20.4. The third-order valence-corrected chi connectivity index (χ3v) is 14.9. The van der Waals surface area contributed by atoms with Crippen molar-refractivity contribution < 1.29 is 59.4 Å². The third kappa shape index (κ3) is 8.28. The second-order valence-corrected chi connectivity index (χ2v) is 20.4. The number of rotatable bonds is 8. The van der Waals surface area contributed by atoms with Crippen LogP contribution in [-0.2, 0) is 35.1 Å². The lowest BCUT2D eigenvalue weighted by atomic mass is 9.85. The predicted molar refractivity (Wildman–Crippen MR) is 207 cm³/mol. The van der Waals surface area contributed by atoms with Gasteiger partial charge in [0.2, 0.25) is 34.1 Å². The summed E-state index contributed by atoms with van der Waals surface area (Å²) < 4.78 is 105. The number of alkyl halides is 4. The number of ether oxygens (including phenoxy) is 3. The Bertz CT molecular complexity index is 2170. The fourth-order valence-electron chi connectivity index (χ4n) is 8.43. The normalized spacial score (nSPS) is 31.3. The number of carbonyl (C=O) groups excluding carboxylic acids is 4. The number of alkyl carbamates (subject to hydrolysis) is 1. The van der Waals surface area contributed by atoms with E-state index in [4.69, 9.17) is 14.2 Å². The van der Waals surface area contributed by atoms with Gasteiger partial charge in [-0.3, -0.25) is 19.1 Å². The lowest BCUT2D eigenvalue weighted by Crippen LogP contribution is -2.61. The van der Waals surface area contributed by atoms with Crippen LogP contribution in [0.1, 0.15) is 98.1 Å². The van der Waals surface area contributed by atoms with E-state index >= 15 is 8.78 Å². The smallest absolute Gasteiger partial charge is 0.408 e. The SMILES string of the molecule is CC[C@@H]1[C@@H]2CN(C(=O)[C@H](C(C)(C)C)NC(=O)O[C@@H]3C[C@H]3CCCCC(F)(F)c3nc4ccc(OC)cc4nc3O2)[C@@H]1C(=O)NC1(C(=O)NS(=O)(=O)C2(C)CC2)CC1C(F)F. The molecule has 3 aliphatic carbocycles. The number of halogens is 4. The molecule has 20 heteroatoms. The topological polar surface area (TPSA) is 195 Å². The Hall–Kier alpha value is -4.49. The van der Waals surface area contributed by atoms with E-state index in [1.165, 1.54) is 26.2 Å². The van der Waals surface area contributed by atoms with Crippen LogP contribution in [-0.4, -0.2) is 102 Å². The first-order valence-corrected chi connectivity index (χ1v) is 21.9. The first-order chi connectivity index (χ1) is 28.0. The van der Waals surface area contributed by atoms with Crippen molar-refractivity contribution >= 4 is 44.9 Å². The maximum Gasteiger partial charge on any atom is 0.408 e. The van der Waals surface area contributed by atoms with Crippen molar-refractivity contribution in [2.75, 3.05) is 13.7 Å². The number of fused-ring (bicyclic) bond motifs is 5. The molecule has 2 aliphatic heterocycles. The molecule has 3 N–H and O–H groups in total. The Balaban J connectivity index is 1.30. The number of nitrogens with one attached hydrogen (secondary N) is 3. The van der Waals surface area contributed by atoms with Crippen LogP contribution in [0.3, 0.4) is 0 Å². The number of nitrogens with zero attached hydrogens (tertiary/aromatic N) is 3. The highest BCUT2D eigenvalue weighted by atomic mass is 32.2. The van der Waals surface area contributed by atoms with Gasteiger partial charge in [-0.25, -0.2) is 32.0 Å². The molecule has 4 amide bonds. The number of hydrogen-bond donors (Lipinski definition) is 3. The van der Waals surface area contributed by atoms with Gasteiger partial charge in [0.05, 0.1) is 35.4 Å². The van der Waals surface area contributed by atoms with Crippen molar-refractivity contribution in [1.82, 2.24) is 30.2 Å². The van der Waals surface area contributed by atoms with Gasteiger partial charge in [-0.1, -0.05) is 34.1 Å². The van der Waals surface area contributed by atoms with E-state index in [0.717, 1.165) is 4.90 Å². The second-order valence-electron chi connectivity index (χ2n) is 18.2. The molecule has 1 saturated heterocycles. The molecular formula is C40H52F4N6O9S. The molecule has 3 saturated carbocycles. The van der Waals surface area contributed by atoms with Gasteiger partial charge in [0.15, 0.2) is 5.69 Å². The fourth-order valence-corrected chi connectivity index (χ4v) is 9.74. The van der Waals surface area contributed by atoms with Crippen LogP contribution in [0, 0.1) is 23.2 Å². The summed E-state index contributed by atoms with van der Waals surface area (Å²) in [6.07, 6.45) is -4.91. The van der Waals surface area contributed by atoms with Gasteiger partial charge in [0.25, 0.3) is 11.8 Å². The predicted octanol–water partition coefficient (Wildman–Crippen LogP) is 4.96. The minimum absolute atomic E-state index is 0.0516. The quantitative estimate of drug-likeness (QED) is 0.304. The summed E-state index contributed by atoms with van der Waals surface area (Å²) in [4.78, 5) is 66.3. The first kappa shape index (κ1) is 43.6. The summed E-state index contributed by atoms with van der Waals surface area (Å²) in [6, 6.07) is 1.59. The Labute approximate surface area is 345 Å². The monoisotopic (exact) mass is 868 g/mol. The largest absolute Gasteiger partial charge is 0.497 e. The number of methoxy groups -OCH3 is 1. The molecule has 1 aromatic carbocycles. The highest BCUT2D eigenvalue weighted by molar-refractivity contribution is 7.91. The van der Waals surface area contributed by atoms with E-state index in [2.05, 4.69) is 20.6 Å². The lowest BCUT2D eigenvalue weighted by molar-refractivity contribution is -0.144. The van der Waals surface area contributed by atoms with E-state index in [1.807, 2.05) is 4.72 Å². The molecule has 7 rings (SSSR count). The minimum atomic E-state index is -4.31. The van der Waals surface area contributed by atoms with E-state index in [0.29, 0.717) is 25.0 Å². The van der Waals surface area contributed by atoms with Crippen LogP contribution in [0.5, 0.6) is 11.6 Å². The highest BCUT2D eigenvalue weighted by Gasteiger charge is 2.68. The summed E-state index contributed by atoms with van der Waals surface area (Å²) in [5, 5.41) is 5.06.